The number of aryl methyl sites for hydroxylation is 1. The zero-order chi connectivity index (χ0) is 18.2. The molecule has 2 fully saturated rings. The summed E-state index contributed by atoms with van der Waals surface area (Å²) in [5, 5.41) is 7.10. The molecular weight excluding hydrogens is 324 g/mol. The minimum absolute atomic E-state index is 0.513. The summed E-state index contributed by atoms with van der Waals surface area (Å²) in [7, 11) is 1.86. The molecule has 144 valence electrons. The maximum Gasteiger partial charge on any atom is 0.191 e. The fraction of sp³-hybridized carbons (Fsp3) is 0.667. The van der Waals surface area contributed by atoms with Crippen LogP contribution in [0.4, 0.5) is 0 Å². The first kappa shape index (κ1) is 19.2. The zero-order valence-electron chi connectivity index (χ0n) is 16.3. The second-order valence-corrected chi connectivity index (χ2v) is 7.50. The van der Waals surface area contributed by atoms with Crippen LogP contribution in [0, 0.1) is 5.92 Å². The van der Waals surface area contributed by atoms with E-state index in [0.717, 1.165) is 38.1 Å². The maximum atomic E-state index is 5.50. The predicted molar refractivity (Wildman–Crippen MR) is 108 cm³/mol. The lowest BCUT2D eigenvalue weighted by molar-refractivity contribution is 0.150. The standard InChI is InChI=1S/C21H34N4O/c1-3-18-6-4-5-7-19(18)14-23-21(22-2)24-20-8-11-25(12-9-20)15-17-10-13-26-16-17/h4-7,17,20H,3,8-16H2,1-2H3,(H2,22,23,24). The van der Waals surface area contributed by atoms with Crippen LogP contribution in [0.25, 0.3) is 0 Å². The number of piperidine rings is 1. The van der Waals surface area contributed by atoms with Crippen molar-refractivity contribution in [3.05, 3.63) is 35.4 Å². The molecule has 3 rings (SSSR count). The van der Waals surface area contributed by atoms with Crippen LogP contribution in [0.1, 0.15) is 37.3 Å². The summed E-state index contributed by atoms with van der Waals surface area (Å²) in [6, 6.07) is 9.14. The maximum absolute atomic E-state index is 5.50. The van der Waals surface area contributed by atoms with Crippen LogP contribution in [-0.2, 0) is 17.7 Å². The Labute approximate surface area is 158 Å². The van der Waals surface area contributed by atoms with Crippen molar-refractivity contribution in [1.82, 2.24) is 15.5 Å². The van der Waals surface area contributed by atoms with E-state index in [-0.39, 0.29) is 0 Å². The van der Waals surface area contributed by atoms with Gasteiger partial charge in [0.05, 0.1) is 6.61 Å². The Morgan fingerprint density at radius 3 is 2.62 bits per heavy atom. The Hall–Kier alpha value is -1.59. The number of hydrogen-bond donors (Lipinski definition) is 2. The Morgan fingerprint density at radius 1 is 1.19 bits per heavy atom. The van der Waals surface area contributed by atoms with Gasteiger partial charge in [-0.3, -0.25) is 4.99 Å². The van der Waals surface area contributed by atoms with Gasteiger partial charge in [0.15, 0.2) is 5.96 Å². The predicted octanol–water partition coefficient (Wildman–Crippen LogP) is 2.41. The Kier molecular flexibility index (Phi) is 7.32. The van der Waals surface area contributed by atoms with Crippen molar-refractivity contribution in [3.63, 3.8) is 0 Å². The van der Waals surface area contributed by atoms with Crippen molar-refractivity contribution in [1.29, 1.82) is 0 Å². The van der Waals surface area contributed by atoms with Crippen LogP contribution in [0.3, 0.4) is 0 Å². The van der Waals surface area contributed by atoms with Crippen molar-refractivity contribution in [3.8, 4) is 0 Å². The van der Waals surface area contributed by atoms with E-state index in [4.69, 9.17) is 4.74 Å². The van der Waals surface area contributed by atoms with Gasteiger partial charge >= 0.3 is 0 Å². The van der Waals surface area contributed by atoms with Gasteiger partial charge in [0.1, 0.15) is 0 Å². The fourth-order valence-corrected chi connectivity index (χ4v) is 3.99. The Bertz CT molecular complexity index is 575. The lowest BCUT2D eigenvalue weighted by Gasteiger charge is -2.34. The summed E-state index contributed by atoms with van der Waals surface area (Å²) in [5.41, 5.74) is 2.76. The van der Waals surface area contributed by atoms with E-state index >= 15 is 0 Å². The summed E-state index contributed by atoms with van der Waals surface area (Å²) in [4.78, 5) is 7.02. The molecule has 1 atom stereocenters. The third kappa shape index (κ3) is 5.45. The smallest absolute Gasteiger partial charge is 0.191 e. The van der Waals surface area contributed by atoms with Crippen molar-refractivity contribution >= 4 is 5.96 Å². The van der Waals surface area contributed by atoms with E-state index in [1.807, 2.05) is 7.05 Å². The van der Waals surface area contributed by atoms with Crippen molar-refractivity contribution in [2.45, 2.75) is 45.2 Å². The molecule has 1 unspecified atom stereocenters. The average molecular weight is 359 g/mol. The quantitative estimate of drug-likeness (QED) is 0.606. The molecule has 0 bridgehead atoms. The van der Waals surface area contributed by atoms with Crippen LogP contribution < -0.4 is 10.6 Å². The van der Waals surface area contributed by atoms with E-state index in [1.165, 1.54) is 50.0 Å². The molecule has 5 nitrogen and oxygen atoms in total. The largest absolute Gasteiger partial charge is 0.381 e. The van der Waals surface area contributed by atoms with Gasteiger partial charge in [-0.15, -0.1) is 0 Å². The van der Waals surface area contributed by atoms with Gasteiger partial charge in [0.2, 0.25) is 0 Å². The first-order valence-corrected chi connectivity index (χ1v) is 10.1. The van der Waals surface area contributed by atoms with Crippen LogP contribution in [-0.4, -0.2) is 56.8 Å². The molecule has 0 spiro atoms. The zero-order valence-corrected chi connectivity index (χ0v) is 16.3. The highest BCUT2D eigenvalue weighted by Crippen LogP contribution is 2.17. The topological polar surface area (TPSA) is 48.9 Å². The van der Waals surface area contributed by atoms with Gasteiger partial charge < -0.3 is 20.3 Å². The van der Waals surface area contributed by atoms with E-state index in [0.29, 0.717) is 6.04 Å². The number of rotatable bonds is 6. The second kappa shape index (κ2) is 9.93. The van der Waals surface area contributed by atoms with Crippen LogP contribution in [0.2, 0.25) is 0 Å². The lowest BCUT2D eigenvalue weighted by Crippen LogP contribution is -2.49. The van der Waals surface area contributed by atoms with E-state index in [9.17, 15) is 0 Å². The summed E-state index contributed by atoms with van der Waals surface area (Å²) in [5.74, 6) is 1.66. The van der Waals surface area contributed by atoms with Crippen molar-refractivity contribution in [2.75, 3.05) is 39.9 Å². The summed E-state index contributed by atoms with van der Waals surface area (Å²) < 4.78 is 5.50. The Balaban J connectivity index is 1.41. The van der Waals surface area contributed by atoms with Gasteiger partial charge in [-0.1, -0.05) is 31.2 Å². The average Bonchev–Trinajstić information content (AvgIpc) is 3.19. The molecule has 26 heavy (non-hydrogen) atoms. The van der Waals surface area contributed by atoms with Crippen molar-refractivity contribution < 1.29 is 4.74 Å². The van der Waals surface area contributed by atoms with E-state index in [2.05, 4.69) is 51.7 Å². The molecule has 5 heteroatoms. The van der Waals surface area contributed by atoms with E-state index in [1.54, 1.807) is 0 Å². The van der Waals surface area contributed by atoms with Gasteiger partial charge in [0, 0.05) is 45.9 Å². The molecule has 2 aliphatic rings. The lowest BCUT2D eigenvalue weighted by atomic mass is 10.0. The van der Waals surface area contributed by atoms with Gasteiger partial charge in [-0.05, 0) is 42.7 Å². The van der Waals surface area contributed by atoms with Gasteiger partial charge in [-0.2, -0.15) is 0 Å². The molecule has 0 saturated carbocycles. The summed E-state index contributed by atoms with van der Waals surface area (Å²) in [6.07, 6.45) is 4.65. The summed E-state index contributed by atoms with van der Waals surface area (Å²) >= 11 is 0. The summed E-state index contributed by atoms with van der Waals surface area (Å²) in [6.45, 7) is 8.47. The number of likely N-dealkylation sites (tertiary alicyclic amines) is 1. The number of ether oxygens (including phenoxy) is 1. The minimum Gasteiger partial charge on any atom is -0.381 e. The molecular formula is C21H34N4O. The highest BCUT2D eigenvalue weighted by molar-refractivity contribution is 5.80. The number of aliphatic imine (C=N–C) groups is 1. The number of nitrogens with one attached hydrogen (secondary N) is 2. The molecule has 0 aromatic heterocycles. The molecule has 2 saturated heterocycles. The van der Waals surface area contributed by atoms with Gasteiger partial charge in [-0.25, -0.2) is 0 Å². The molecule has 1 aromatic carbocycles. The fourth-order valence-electron chi connectivity index (χ4n) is 3.99. The third-order valence-electron chi connectivity index (χ3n) is 5.64. The second-order valence-electron chi connectivity index (χ2n) is 7.50. The highest BCUT2D eigenvalue weighted by atomic mass is 16.5. The highest BCUT2D eigenvalue weighted by Gasteiger charge is 2.24. The van der Waals surface area contributed by atoms with Crippen molar-refractivity contribution in [2.24, 2.45) is 10.9 Å². The van der Waals surface area contributed by atoms with Gasteiger partial charge in [0.25, 0.3) is 0 Å². The number of guanidine groups is 1. The third-order valence-corrected chi connectivity index (χ3v) is 5.64. The number of hydrogen-bond acceptors (Lipinski definition) is 3. The number of nitrogens with zero attached hydrogens (tertiary/aromatic N) is 2. The molecule has 2 aliphatic heterocycles. The first-order chi connectivity index (χ1) is 12.8. The van der Waals surface area contributed by atoms with Crippen LogP contribution in [0.15, 0.2) is 29.3 Å². The van der Waals surface area contributed by atoms with Crippen LogP contribution in [0.5, 0.6) is 0 Å². The normalized spacial score (nSPS) is 22.5. The van der Waals surface area contributed by atoms with Crippen LogP contribution >= 0.6 is 0 Å². The molecule has 2 heterocycles. The molecule has 1 aromatic rings. The SMILES string of the molecule is CCc1ccccc1CNC(=NC)NC1CCN(CC2CCOC2)CC1. The monoisotopic (exact) mass is 358 g/mol. The van der Waals surface area contributed by atoms with E-state index < -0.39 is 0 Å². The molecule has 0 radical (unpaired) electrons. The minimum atomic E-state index is 0.513. The molecule has 0 aliphatic carbocycles. The Morgan fingerprint density at radius 2 is 1.96 bits per heavy atom. The number of benzene rings is 1. The molecule has 2 N–H and O–H groups in total. The molecule has 0 amide bonds. The first-order valence-electron chi connectivity index (χ1n) is 10.1.